The third kappa shape index (κ3) is 3.64. The van der Waals surface area contributed by atoms with Crippen LogP contribution < -0.4 is 29.0 Å². The van der Waals surface area contributed by atoms with Gasteiger partial charge >= 0.3 is 5.97 Å². The van der Waals surface area contributed by atoms with Crippen molar-refractivity contribution in [1.29, 1.82) is 0 Å². The molecule has 1 saturated heterocycles. The zero-order valence-electron chi connectivity index (χ0n) is 20.6. The molecular weight excluding hydrogens is 478 g/mol. The van der Waals surface area contributed by atoms with Crippen LogP contribution in [0.2, 0.25) is 0 Å². The Kier molecular flexibility index (Phi) is 5.62. The van der Waals surface area contributed by atoms with E-state index in [1.165, 1.54) is 0 Å². The molecule has 1 aliphatic carbocycles. The molecule has 6 rings (SSSR count). The Morgan fingerprint density at radius 3 is 2.22 bits per heavy atom. The van der Waals surface area contributed by atoms with E-state index in [4.69, 9.17) is 28.4 Å². The van der Waals surface area contributed by atoms with Gasteiger partial charge in [0, 0.05) is 11.8 Å². The number of rotatable bonds is 6. The third-order valence-corrected chi connectivity index (χ3v) is 7.45. The monoisotopic (exact) mass is 505 g/mol. The molecule has 37 heavy (non-hydrogen) atoms. The lowest BCUT2D eigenvalue weighted by Gasteiger charge is -2.40. The number of carbonyl (C=O) groups excluding carboxylic acids is 1. The first-order chi connectivity index (χ1) is 18.0. The van der Waals surface area contributed by atoms with Crippen molar-refractivity contribution >= 4 is 11.7 Å². The van der Waals surface area contributed by atoms with Gasteiger partial charge in [-0.15, -0.1) is 0 Å². The van der Waals surface area contributed by atoms with Crippen LogP contribution in [-0.4, -0.2) is 45.8 Å². The van der Waals surface area contributed by atoms with Gasteiger partial charge in [0.05, 0.1) is 45.6 Å². The zero-order valence-corrected chi connectivity index (χ0v) is 20.6. The van der Waals surface area contributed by atoms with Crippen LogP contribution in [-0.2, 0) is 9.53 Å². The molecule has 2 aliphatic heterocycles. The summed E-state index contributed by atoms with van der Waals surface area (Å²) in [7, 11) is 4.68. The van der Waals surface area contributed by atoms with Crippen molar-refractivity contribution in [3.8, 4) is 34.5 Å². The number of ether oxygens (including phenoxy) is 6. The molecule has 0 saturated carbocycles. The first kappa shape index (κ1) is 23.1. The number of hydrogen-bond acceptors (Lipinski definition) is 9. The Morgan fingerprint density at radius 2 is 1.57 bits per heavy atom. The number of phenols is 1. The van der Waals surface area contributed by atoms with Crippen molar-refractivity contribution in [1.82, 2.24) is 0 Å². The van der Waals surface area contributed by atoms with Crippen molar-refractivity contribution in [2.75, 3.05) is 40.0 Å². The molecule has 192 valence electrons. The summed E-state index contributed by atoms with van der Waals surface area (Å²) in [5.74, 6) is 1.46. The minimum absolute atomic E-state index is 0.123. The molecule has 9 nitrogen and oxygen atoms in total. The number of methoxy groups -OCH3 is 3. The second-order valence-corrected chi connectivity index (χ2v) is 9.23. The van der Waals surface area contributed by atoms with Crippen LogP contribution in [0.4, 0.5) is 5.69 Å². The highest BCUT2D eigenvalue weighted by Gasteiger charge is 2.52. The van der Waals surface area contributed by atoms with Gasteiger partial charge in [0.2, 0.25) is 12.5 Å². The van der Waals surface area contributed by atoms with E-state index < -0.39 is 5.92 Å². The number of cyclic esters (lactones) is 1. The van der Waals surface area contributed by atoms with Crippen molar-refractivity contribution in [2.45, 2.75) is 12.0 Å². The maximum atomic E-state index is 13.3. The number of phenolic OH excluding ortho intramolecular Hbond substituents is 1. The maximum Gasteiger partial charge on any atom is 0.310 e. The van der Waals surface area contributed by atoms with E-state index in [9.17, 15) is 9.90 Å². The summed E-state index contributed by atoms with van der Waals surface area (Å²) in [5.41, 5.74) is 3.22. The Hall–Kier alpha value is -4.27. The SMILES string of the molecule is COc1cc([C@@H]2c3cc4c(cc3[C@@H](Nc3ccccc3O)[C@H]3COC(=O)[C@H]23)OCO4)cc(OC)c1OC. The highest BCUT2D eigenvalue weighted by Crippen LogP contribution is 2.56. The number of hydrogen-bond donors (Lipinski definition) is 2. The molecule has 2 heterocycles. The Morgan fingerprint density at radius 1 is 0.892 bits per heavy atom. The molecule has 3 aliphatic rings. The third-order valence-electron chi connectivity index (χ3n) is 7.45. The molecule has 0 amide bonds. The van der Waals surface area contributed by atoms with Gasteiger partial charge in [-0.3, -0.25) is 4.79 Å². The molecule has 3 aromatic rings. The summed E-state index contributed by atoms with van der Waals surface area (Å²) >= 11 is 0. The molecule has 2 N–H and O–H groups in total. The van der Waals surface area contributed by atoms with Crippen LogP contribution in [0.15, 0.2) is 48.5 Å². The van der Waals surface area contributed by atoms with Crippen molar-refractivity contribution in [3.63, 3.8) is 0 Å². The van der Waals surface area contributed by atoms with Crippen LogP contribution in [0.1, 0.15) is 28.7 Å². The summed E-state index contributed by atoms with van der Waals surface area (Å²) in [4.78, 5) is 13.3. The lowest BCUT2D eigenvalue weighted by Crippen LogP contribution is -2.37. The van der Waals surface area contributed by atoms with E-state index in [2.05, 4.69) is 5.32 Å². The number of anilines is 1. The first-order valence-corrected chi connectivity index (χ1v) is 12.0. The Bertz CT molecular complexity index is 1350. The number of aromatic hydroxyl groups is 1. The highest BCUT2D eigenvalue weighted by molar-refractivity contribution is 5.79. The maximum absolute atomic E-state index is 13.3. The van der Waals surface area contributed by atoms with E-state index in [1.54, 1.807) is 39.5 Å². The zero-order chi connectivity index (χ0) is 25.7. The van der Waals surface area contributed by atoms with Gasteiger partial charge in [0.1, 0.15) is 5.75 Å². The molecule has 0 unspecified atom stereocenters. The van der Waals surface area contributed by atoms with E-state index in [0.29, 0.717) is 34.4 Å². The standard InChI is InChI=1S/C28H27NO8/c1-32-22-8-14(9-23(33-2)27(22)34-3)24-15-10-20-21(37-13-36-20)11-16(15)26(17-12-35-28(31)25(17)24)29-18-6-4-5-7-19(18)30/h4-11,17,24-26,29-30H,12-13H2,1-3H3/t17-,24+,25-,26+/m0/s1. The number of fused-ring (bicyclic) bond motifs is 3. The fraction of sp³-hybridized carbons (Fsp3) is 0.321. The lowest BCUT2D eigenvalue weighted by atomic mass is 9.65. The van der Waals surface area contributed by atoms with E-state index in [0.717, 1.165) is 16.7 Å². The molecule has 1 fully saturated rings. The average molecular weight is 506 g/mol. The molecule has 0 aromatic heterocycles. The lowest BCUT2D eigenvalue weighted by molar-refractivity contribution is -0.141. The second-order valence-electron chi connectivity index (χ2n) is 9.23. The van der Waals surface area contributed by atoms with Gasteiger partial charge in [-0.05, 0) is 53.1 Å². The molecule has 0 spiro atoms. The molecule has 3 aromatic carbocycles. The Labute approximate surface area is 213 Å². The summed E-state index contributed by atoms with van der Waals surface area (Å²) in [5, 5.41) is 14.0. The van der Waals surface area contributed by atoms with Crippen LogP contribution >= 0.6 is 0 Å². The van der Waals surface area contributed by atoms with Gasteiger partial charge in [0.25, 0.3) is 0 Å². The molecule has 0 radical (unpaired) electrons. The molecule has 0 bridgehead atoms. The molecule has 4 atom stereocenters. The van der Waals surface area contributed by atoms with Crippen LogP contribution in [0, 0.1) is 11.8 Å². The minimum atomic E-state index is -0.501. The number of para-hydroxylation sites is 2. The van der Waals surface area contributed by atoms with E-state index in [1.807, 2.05) is 30.3 Å². The number of esters is 1. The number of carbonyl (C=O) groups is 1. The quantitative estimate of drug-likeness (QED) is 0.376. The van der Waals surface area contributed by atoms with E-state index in [-0.39, 0.29) is 43.0 Å². The average Bonchev–Trinajstić information content (AvgIpc) is 3.54. The predicted octanol–water partition coefficient (Wildman–Crippen LogP) is 4.23. The van der Waals surface area contributed by atoms with Gasteiger partial charge in [0.15, 0.2) is 23.0 Å². The number of benzene rings is 3. The van der Waals surface area contributed by atoms with Crippen LogP contribution in [0.5, 0.6) is 34.5 Å². The Balaban J connectivity index is 1.56. The van der Waals surface area contributed by atoms with Crippen molar-refractivity contribution < 1.29 is 38.3 Å². The van der Waals surface area contributed by atoms with Gasteiger partial charge < -0.3 is 38.8 Å². The fourth-order valence-electron chi connectivity index (χ4n) is 5.79. The van der Waals surface area contributed by atoms with Crippen LogP contribution in [0.25, 0.3) is 0 Å². The van der Waals surface area contributed by atoms with Gasteiger partial charge in [-0.1, -0.05) is 12.1 Å². The largest absolute Gasteiger partial charge is 0.506 e. The van der Waals surface area contributed by atoms with Crippen molar-refractivity contribution in [2.24, 2.45) is 11.8 Å². The summed E-state index contributed by atoms with van der Waals surface area (Å²) in [6.45, 7) is 0.364. The second kappa shape index (κ2) is 8.99. The van der Waals surface area contributed by atoms with E-state index >= 15 is 0 Å². The first-order valence-electron chi connectivity index (χ1n) is 12.0. The van der Waals surface area contributed by atoms with Gasteiger partial charge in [-0.2, -0.15) is 0 Å². The normalized spacial score (nSPS) is 23.1. The van der Waals surface area contributed by atoms with Crippen molar-refractivity contribution in [3.05, 3.63) is 65.2 Å². The van der Waals surface area contributed by atoms with Gasteiger partial charge in [-0.25, -0.2) is 0 Å². The fourth-order valence-corrected chi connectivity index (χ4v) is 5.79. The summed E-state index contributed by atoms with van der Waals surface area (Å²) in [6.07, 6.45) is 0. The number of nitrogens with one attached hydrogen (secondary N) is 1. The summed E-state index contributed by atoms with van der Waals surface area (Å²) in [6, 6.07) is 14.4. The predicted molar refractivity (Wildman–Crippen MR) is 133 cm³/mol. The topological polar surface area (TPSA) is 105 Å². The minimum Gasteiger partial charge on any atom is -0.506 e. The molecular formula is C28H27NO8. The van der Waals surface area contributed by atoms with Crippen LogP contribution in [0.3, 0.4) is 0 Å². The smallest absolute Gasteiger partial charge is 0.310 e. The summed E-state index contributed by atoms with van der Waals surface area (Å²) < 4.78 is 33.8. The molecule has 9 heteroatoms. The highest BCUT2D eigenvalue weighted by atomic mass is 16.7.